The van der Waals surface area contributed by atoms with Crippen LogP contribution < -0.4 is 0 Å². The Morgan fingerprint density at radius 2 is 1.01 bits per heavy atom. The molecule has 68 heavy (non-hydrogen) atoms. The van der Waals surface area contributed by atoms with Gasteiger partial charge in [0.2, 0.25) is 5.78 Å². The third-order valence-electron chi connectivity index (χ3n) is 13.6. The summed E-state index contributed by atoms with van der Waals surface area (Å²) >= 11 is 0. The standard InChI is InChI=1S/C11H18N2.C10H16N2.C9H18N2O.C9H16N2O.C5H10N2O2P.4C2H6.CH4/c1-3-4-10-5-6-11-9-12(2)7-8-13(10)11;1-3-9-4-5-10-8-11(2)6-7-12(9)10;2*1-10-4-5-11-8(6-10)2-3-9(11)7-12;1-4(8)5(7-6)10(2,3)9;4*1-2;/h10-11H,5-9H2,1-2H3;1,9-10H,4-8H2,2H3;8-9,12H,2-7H2,1H3;7-9H,2-6H2,1H3;6H,1-3H3;4*1-2H3;1H4/q;;;;+1;;;;;. The molecule has 8 heterocycles. The summed E-state index contributed by atoms with van der Waals surface area (Å²) in [5.74, 6) is 8.86. The van der Waals surface area contributed by atoms with E-state index >= 15 is 0 Å². The van der Waals surface area contributed by atoms with Crippen LogP contribution in [0.25, 0.3) is 0 Å². The SMILES string of the molecule is C.C#CC1CCC2CN(C)CCN12.CC.CC.CC.CC.CC#CC1CCC2CN(C)CCN12.CC(=O)C(=[N+]=N)P(C)(C)=O.CN1CCN2C(C=O)CCC2C1.CN1CCN2C(CO)CCC2C1. The number of aliphatic hydroxyl groups excluding tert-OH is 1. The lowest BCUT2D eigenvalue weighted by molar-refractivity contribution is -0.132. The first-order valence-electron chi connectivity index (χ1n) is 26.2. The van der Waals surface area contributed by atoms with Crippen LogP contribution in [0.3, 0.4) is 0 Å². The highest BCUT2D eigenvalue weighted by atomic mass is 31.2. The van der Waals surface area contributed by atoms with Crippen LogP contribution in [-0.2, 0) is 14.2 Å². The number of carbonyl (C=O) groups excluding carboxylic acids is 2. The summed E-state index contributed by atoms with van der Waals surface area (Å²) in [6, 6.07) is 4.58. The van der Waals surface area contributed by atoms with E-state index in [9.17, 15) is 14.2 Å². The Hall–Kier alpha value is -2.29. The smallest absolute Gasteiger partial charge is 0.395 e. The third kappa shape index (κ3) is 22.0. The quantitative estimate of drug-likeness (QED) is 0.0798. The first kappa shape index (κ1) is 67.8. The van der Waals surface area contributed by atoms with Gasteiger partial charge in [-0.15, -0.1) is 12.3 Å². The van der Waals surface area contributed by atoms with Crippen LogP contribution in [0, 0.1) is 29.7 Å². The van der Waals surface area contributed by atoms with Gasteiger partial charge in [0, 0.05) is 129 Å². The molecule has 0 saturated carbocycles. The number of Topliss-reactive ketones (excluding diaryl/α,β-unsaturated/α-hetero) is 1. The molecule has 0 aromatic carbocycles. The second kappa shape index (κ2) is 37.5. The average Bonchev–Trinajstić information content (AvgIpc) is 4.14. The van der Waals surface area contributed by atoms with Crippen LogP contribution in [0.15, 0.2) is 0 Å². The van der Waals surface area contributed by atoms with E-state index in [1.165, 1.54) is 104 Å². The third-order valence-corrected chi connectivity index (χ3v) is 15.0. The number of carbonyl (C=O) groups is 2. The van der Waals surface area contributed by atoms with Crippen molar-refractivity contribution in [1.82, 2.24) is 39.2 Å². The molecule has 0 aliphatic carbocycles. The summed E-state index contributed by atoms with van der Waals surface area (Å²) in [7, 11) is 6.14. The summed E-state index contributed by atoms with van der Waals surface area (Å²) < 4.78 is 11.1. The van der Waals surface area contributed by atoms with E-state index in [1.807, 2.05) is 62.3 Å². The second-order valence-electron chi connectivity index (χ2n) is 18.4. The van der Waals surface area contributed by atoms with Gasteiger partial charge in [0.05, 0.1) is 35.1 Å². The molecule has 14 nitrogen and oxygen atoms in total. The van der Waals surface area contributed by atoms with E-state index in [0.717, 1.165) is 70.1 Å². The fourth-order valence-corrected chi connectivity index (χ4v) is 11.4. The fraction of sp³-hybridized carbons (Fsp3) is 0.868. The minimum absolute atomic E-state index is 0. The molecule has 8 saturated heterocycles. The van der Waals surface area contributed by atoms with Crippen LogP contribution in [0.4, 0.5) is 0 Å². The highest BCUT2D eigenvalue weighted by molar-refractivity contribution is 7.81. The summed E-state index contributed by atoms with van der Waals surface area (Å²) in [6.45, 7) is 36.4. The number of nitrogens with one attached hydrogen (secondary N) is 1. The van der Waals surface area contributed by atoms with E-state index in [4.69, 9.17) is 17.1 Å². The normalized spacial score (nSPS) is 28.8. The van der Waals surface area contributed by atoms with Gasteiger partial charge in [-0.1, -0.05) is 74.7 Å². The molecule has 0 spiro atoms. The second-order valence-corrected chi connectivity index (χ2v) is 21.5. The Morgan fingerprint density at radius 3 is 1.38 bits per heavy atom. The molecule has 0 radical (unpaired) electrons. The number of aliphatic hydroxyl groups is 1. The Labute approximate surface area is 419 Å². The van der Waals surface area contributed by atoms with Crippen molar-refractivity contribution in [3.8, 4) is 24.2 Å². The van der Waals surface area contributed by atoms with Gasteiger partial charge in [0.1, 0.15) is 6.29 Å². The van der Waals surface area contributed by atoms with Gasteiger partial charge in [-0.05, 0) is 86.5 Å². The molecular formula is C53H106N10O4P+. The Bertz CT molecular complexity index is 1570. The van der Waals surface area contributed by atoms with Crippen molar-refractivity contribution in [2.75, 3.05) is 127 Å². The topological polar surface area (TPSA) is 135 Å². The number of hydrogen-bond acceptors (Lipinski definition) is 13. The van der Waals surface area contributed by atoms with Crippen molar-refractivity contribution in [3.05, 3.63) is 0 Å². The molecule has 8 rings (SSSR count). The predicted octanol–water partition coefficient (Wildman–Crippen LogP) is 6.48. The van der Waals surface area contributed by atoms with Crippen molar-refractivity contribution < 1.29 is 24.1 Å². The van der Waals surface area contributed by atoms with Crippen LogP contribution in [0.2, 0.25) is 0 Å². The first-order valence-corrected chi connectivity index (χ1v) is 28.8. The monoisotopic (exact) mass is 978 g/mol. The zero-order valence-electron chi connectivity index (χ0n) is 45.8. The number of likely N-dealkylation sites (N-methyl/N-ethyl adjacent to an activating group) is 4. The van der Waals surface area contributed by atoms with Gasteiger partial charge in [0.25, 0.3) is 0 Å². The minimum atomic E-state index is -2.62. The molecule has 2 N–H and O–H groups in total. The molecule has 396 valence electrons. The molecule has 8 unspecified atom stereocenters. The molecule has 15 heteroatoms. The number of hydrogen-bond donors (Lipinski definition) is 2. The number of piperazine rings is 4. The molecule has 8 atom stereocenters. The summed E-state index contributed by atoms with van der Waals surface area (Å²) in [4.78, 5) is 43.7. The lowest BCUT2D eigenvalue weighted by Gasteiger charge is -2.37. The van der Waals surface area contributed by atoms with E-state index in [-0.39, 0.29) is 24.7 Å². The number of aldehydes is 1. The summed E-state index contributed by atoms with van der Waals surface area (Å²) in [6.07, 6.45) is 16.4. The molecule has 0 aromatic heterocycles. The zero-order valence-corrected chi connectivity index (χ0v) is 46.7. The lowest BCUT2D eigenvalue weighted by atomic mass is 10.2. The molecular weight excluding hydrogens is 872 g/mol. The first-order chi connectivity index (χ1) is 32.1. The summed E-state index contributed by atoms with van der Waals surface area (Å²) in [5, 5.41) is 9.12. The fourth-order valence-electron chi connectivity index (χ4n) is 10.4. The summed E-state index contributed by atoms with van der Waals surface area (Å²) in [5.41, 5.74) is 6.42. The maximum absolute atomic E-state index is 11.1. The molecule has 0 amide bonds. The van der Waals surface area contributed by atoms with Crippen LogP contribution in [0.1, 0.15) is 128 Å². The number of nitrogens with zero attached hydrogens (tertiary/aromatic N) is 9. The Balaban J connectivity index is 0. The zero-order chi connectivity index (χ0) is 51.3. The highest BCUT2D eigenvalue weighted by Gasteiger charge is 2.38. The van der Waals surface area contributed by atoms with Crippen molar-refractivity contribution in [1.29, 1.82) is 5.53 Å². The van der Waals surface area contributed by atoms with E-state index in [2.05, 4.69) is 89.9 Å². The number of ketones is 1. The van der Waals surface area contributed by atoms with Gasteiger partial charge < -0.3 is 34.1 Å². The molecule has 0 bridgehead atoms. The van der Waals surface area contributed by atoms with E-state index in [1.54, 1.807) is 0 Å². The van der Waals surface area contributed by atoms with E-state index in [0.29, 0.717) is 30.8 Å². The number of rotatable bonds is 4. The van der Waals surface area contributed by atoms with E-state index < -0.39 is 7.14 Å². The van der Waals surface area contributed by atoms with Crippen LogP contribution in [0.5, 0.6) is 0 Å². The number of terminal acetylenes is 1. The highest BCUT2D eigenvalue weighted by Crippen LogP contribution is 2.37. The molecule has 8 aliphatic rings. The van der Waals surface area contributed by atoms with Gasteiger partial charge in [-0.3, -0.25) is 24.4 Å². The average molecular weight is 978 g/mol. The molecule has 0 aromatic rings. The lowest BCUT2D eigenvalue weighted by Crippen LogP contribution is -2.51. The maximum atomic E-state index is 11.1. The van der Waals surface area contributed by atoms with Crippen LogP contribution >= 0.6 is 7.14 Å². The van der Waals surface area contributed by atoms with Gasteiger partial charge in [0.15, 0.2) is 7.14 Å². The van der Waals surface area contributed by atoms with Crippen molar-refractivity contribution in [2.24, 2.45) is 0 Å². The predicted molar refractivity (Wildman–Crippen MR) is 290 cm³/mol. The molecule has 8 fully saturated rings. The molecule has 8 aliphatic heterocycles. The van der Waals surface area contributed by atoms with Gasteiger partial charge >= 0.3 is 5.45 Å². The maximum Gasteiger partial charge on any atom is 0.437 e. The Morgan fingerprint density at radius 1 is 0.647 bits per heavy atom. The van der Waals surface area contributed by atoms with Crippen LogP contribution in [-0.4, -0.2) is 242 Å². The van der Waals surface area contributed by atoms with Gasteiger partial charge in [-0.2, -0.15) is 0 Å². The van der Waals surface area contributed by atoms with Crippen molar-refractivity contribution in [2.45, 2.75) is 176 Å². The Kier molecular flexibility index (Phi) is 37.4. The number of fused-ring (bicyclic) bond motifs is 4. The largest absolute Gasteiger partial charge is 0.437 e. The van der Waals surface area contributed by atoms with Crippen molar-refractivity contribution in [3.63, 3.8) is 0 Å². The van der Waals surface area contributed by atoms with Gasteiger partial charge in [-0.25, -0.2) is 0 Å². The van der Waals surface area contributed by atoms with Crippen molar-refractivity contribution >= 4 is 24.7 Å². The minimum Gasteiger partial charge on any atom is -0.395 e.